The largest absolute Gasteiger partial charge is 0.456 e. The lowest BCUT2D eigenvalue weighted by atomic mass is 9.65. The first-order chi connectivity index (χ1) is 32.2. The molecule has 1 aromatic heterocycles. The molecule has 0 unspecified atom stereocenters. The Morgan fingerprint density at radius 1 is 0.277 bits per heavy atom. The third-order valence-electron chi connectivity index (χ3n) is 13.2. The molecule has 11 aromatic rings. The number of para-hydroxylation sites is 1. The molecular formula is C63H43NO. The zero-order valence-electron chi connectivity index (χ0n) is 35.7. The van der Waals surface area contributed by atoms with E-state index in [4.69, 9.17) is 4.42 Å². The number of fused-ring (bicyclic) bond motifs is 5. The van der Waals surface area contributed by atoms with Crippen LogP contribution in [-0.4, -0.2) is 0 Å². The summed E-state index contributed by atoms with van der Waals surface area (Å²) in [4.78, 5) is 2.34. The summed E-state index contributed by atoms with van der Waals surface area (Å²) >= 11 is 0. The molecule has 1 aliphatic carbocycles. The second kappa shape index (κ2) is 16.0. The van der Waals surface area contributed by atoms with Gasteiger partial charge in [-0.15, -0.1) is 0 Å². The normalized spacial score (nSPS) is 12.4. The van der Waals surface area contributed by atoms with Crippen LogP contribution in [0.2, 0.25) is 0 Å². The van der Waals surface area contributed by atoms with Crippen LogP contribution in [0.1, 0.15) is 22.3 Å². The Kier molecular flexibility index (Phi) is 9.43. The van der Waals surface area contributed by atoms with Crippen LogP contribution in [0, 0.1) is 0 Å². The van der Waals surface area contributed by atoms with Crippen molar-refractivity contribution in [3.63, 3.8) is 0 Å². The Hall–Kier alpha value is -8.46. The van der Waals surface area contributed by atoms with Gasteiger partial charge >= 0.3 is 0 Å². The van der Waals surface area contributed by atoms with Crippen LogP contribution in [0.25, 0.3) is 66.8 Å². The molecule has 0 fully saturated rings. The van der Waals surface area contributed by atoms with Gasteiger partial charge in [-0.05, 0) is 104 Å². The van der Waals surface area contributed by atoms with Gasteiger partial charge in [0, 0.05) is 33.6 Å². The maximum absolute atomic E-state index is 6.83. The number of hydrogen-bond acceptors (Lipinski definition) is 2. The second-order valence-electron chi connectivity index (χ2n) is 16.8. The standard InChI is InChI=1S/C63H43NO/c1-5-16-44(17-6-1)47-32-38-53(39-33-47)64(54-40-34-48(35-41-54)45-18-7-2-8-19-45)55-42-36-49(37-43-55)46-28-30-50(31-29-46)56-25-15-26-58-60(56)63(51-20-9-3-10-21-51,52-22-11-4-12-23-52)61-57-24-13-14-27-59(57)65-62(58)61/h1-43H. The minimum Gasteiger partial charge on any atom is -0.456 e. The van der Waals surface area contributed by atoms with Gasteiger partial charge in [-0.2, -0.15) is 0 Å². The summed E-state index contributed by atoms with van der Waals surface area (Å²) in [6, 6.07) is 94.1. The molecule has 0 amide bonds. The fraction of sp³-hybridized carbons (Fsp3) is 0.0159. The number of nitrogens with zero attached hydrogens (tertiary/aromatic N) is 1. The summed E-state index contributed by atoms with van der Waals surface area (Å²) in [5.41, 5.74) is 19.1. The quantitative estimate of drug-likeness (QED) is 0.144. The van der Waals surface area contributed by atoms with Crippen LogP contribution in [-0.2, 0) is 5.41 Å². The molecule has 1 heterocycles. The average Bonchev–Trinajstić information content (AvgIpc) is 3.92. The fourth-order valence-electron chi connectivity index (χ4n) is 10.2. The van der Waals surface area contributed by atoms with E-state index in [1.807, 2.05) is 0 Å². The highest BCUT2D eigenvalue weighted by atomic mass is 16.3. The van der Waals surface area contributed by atoms with E-state index in [2.05, 4.69) is 266 Å². The Bertz CT molecular complexity index is 3290. The highest BCUT2D eigenvalue weighted by molar-refractivity contribution is 6.00. The van der Waals surface area contributed by atoms with Crippen LogP contribution in [0.15, 0.2) is 265 Å². The van der Waals surface area contributed by atoms with E-state index in [1.54, 1.807) is 0 Å². The molecule has 10 aromatic carbocycles. The van der Waals surface area contributed by atoms with Crippen molar-refractivity contribution < 1.29 is 4.42 Å². The highest BCUT2D eigenvalue weighted by Crippen LogP contribution is 2.61. The Balaban J connectivity index is 0.925. The first-order valence-electron chi connectivity index (χ1n) is 22.3. The van der Waals surface area contributed by atoms with Gasteiger partial charge in [0.25, 0.3) is 0 Å². The van der Waals surface area contributed by atoms with Gasteiger partial charge in [-0.25, -0.2) is 0 Å². The molecule has 2 nitrogen and oxygen atoms in total. The van der Waals surface area contributed by atoms with Crippen molar-refractivity contribution in [1.82, 2.24) is 0 Å². The first-order valence-corrected chi connectivity index (χ1v) is 22.3. The molecule has 0 bridgehead atoms. The minimum absolute atomic E-state index is 0.597. The van der Waals surface area contributed by atoms with E-state index in [9.17, 15) is 0 Å². The van der Waals surface area contributed by atoms with Crippen molar-refractivity contribution in [3.8, 4) is 55.8 Å². The van der Waals surface area contributed by atoms with Crippen LogP contribution in [0.3, 0.4) is 0 Å². The average molecular weight is 830 g/mol. The van der Waals surface area contributed by atoms with Gasteiger partial charge in [0.2, 0.25) is 0 Å². The van der Waals surface area contributed by atoms with Crippen molar-refractivity contribution in [3.05, 3.63) is 283 Å². The maximum atomic E-state index is 6.83. The summed E-state index contributed by atoms with van der Waals surface area (Å²) in [5.74, 6) is 0.945. The molecule has 1 aliphatic rings. The summed E-state index contributed by atoms with van der Waals surface area (Å²) < 4.78 is 6.83. The molecular weight excluding hydrogens is 787 g/mol. The lowest BCUT2D eigenvalue weighted by Gasteiger charge is -2.34. The fourth-order valence-corrected chi connectivity index (χ4v) is 10.2. The number of anilines is 3. The van der Waals surface area contributed by atoms with Crippen LogP contribution in [0.5, 0.6) is 0 Å². The van der Waals surface area contributed by atoms with E-state index in [1.165, 1.54) is 50.1 Å². The van der Waals surface area contributed by atoms with Crippen molar-refractivity contribution in [2.24, 2.45) is 0 Å². The molecule has 0 saturated carbocycles. The third kappa shape index (κ3) is 6.50. The van der Waals surface area contributed by atoms with Gasteiger partial charge in [0.15, 0.2) is 0 Å². The summed E-state index contributed by atoms with van der Waals surface area (Å²) in [5, 5.41) is 1.14. The molecule has 0 aliphatic heterocycles. The third-order valence-corrected chi connectivity index (χ3v) is 13.2. The molecule has 0 spiro atoms. The Morgan fingerprint density at radius 2 is 0.646 bits per heavy atom. The molecule has 0 N–H and O–H groups in total. The van der Waals surface area contributed by atoms with Crippen molar-refractivity contribution >= 4 is 28.0 Å². The number of hydrogen-bond donors (Lipinski definition) is 0. The molecule has 0 saturated heterocycles. The second-order valence-corrected chi connectivity index (χ2v) is 16.8. The smallest absolute Gasteiger partial charge is 0.140 e. The Labute approximate surface area is 380 Å². The Morgan fingerprint density at radius 3 is 1.12 bits per heavy atom. The number of benzene rings is 10. The monoisotopic (exact) mass is 829 g/mol. The minimum atomic E-state index is -0.597. The SMILES string of the molecule is c1ccc(-c2ccc(N(c3ccc(-c4ccccc4)cc3)c3ccc(-c4ccc(-c5cccc6c5C(c5ccccc5)(c5ccccc5)c5c-6oc6ccccc56)cc4)cc3)cc2)cc1. The van der Waals surface area contributed by atoms with Gasteiger partial charge in [-0.3, -0.25) is 0 Å². The van der Waals surface area contributed by atoms with Crippen molar-refractivity contribution in [2.75, 3.05) is 4.90 Å². The van der Waals surface area contributed by atoms with Crippen molar-refractivity contribution in [2.45, 2.75) is 5.41 Å². The number of rotatable bonds is 9. The predicted molar refractivity (Wildman–Crippen MR) is 270 cm³/mol. The molecule has 0 radical (unpaired) electrons. The molecule has 65 heavy (non-hydrogen) atoms. The zero-order valence-corrected chi connectivity index (χ0v) is 35.7. The zero-order chi connectivity index (χ0) is 43.2. The highest BCUT2D eigenvalue weighted by Gasteiger charge is 2.50. The van der Waals surface area contributed by atoms with Gasteiger partial charge in [-0.1, -0.05) is 218 Å². The van der Waals surface area contributed by atoms with Crippen LogP contribution in [0.4, 0.5) is 17.1 Å². The molecule has 2 heteroatoms. The molecule has 306 valence electrons. The topological polar surface area (TPSA) is 16.4 Å². The van der Waals surface area contributed by atoms with E-state index < -0.39 is 5.41 Å². The van der Waals surface area contributed by atoms with E-state index in [0.29, 0.717) is 0 Å². The van der Waals surface area contributed by atoms with Crippen molar-refractivity contribution in [1.29, 1.82) is 0 Å². The number of furan rings is 1. The maximum Gasteiger partial charge on any atom is 0.140 e. The summed E-state index contributed by atoms with van der Waals surface area (Å²) in [6.45, 7) is 0. The van der Waals surface area contributed by atoms with Gasteiger partial charge in [0.05, 0.1) is 5.41 Å². The van der Waals surface area contributed by atoms with E-state index >= 15 is 0 Å². The predicted octanol–water partition coefficient (Wildman–Crippen LogP) is 16.9. The lowest BCUT2D eigenvalue weighted by molar-refractivity contribution is 0.628. The van der Waals surface area contributed by atoms with Crippen LogP contribution >= 0.6 is 0 Å². The molecule has 12 rings (SSSR count). The lowest BCUT2D eigenvalue weighted by Crippen LogP contribution is -2.29. The summed E-state index contributed by atoms with van der Waals surface area (Å²) in [7, 11) is 0. The van der Waals surface area contributed by atoms with Gasteiger partial charge < -0.3 is 9.32 Å². The van der Waals surface area contributed by atoms with Crippen LogP contribution < -0.4 is 4.90 Å². The molecule has 0 atom stereocenters. The first kappa shape index (κ1) is 38.2. The summed E-state index contributed by atoms with van der Waals surface area (Å²) in [6.07, 6.45) is 0. The van der Waals surface area contributed by atoms with E-state index in [0.717, 1.165) is 56.0 Å². The van der Waals surface area contributed by atoms with Gasteiger partial charge in [0.1, 0.15) is 11.3 Å². The van der Waals surface area contributed by atoms with E-state index in [-0.39, 0.29) is 0 Å².